The lowest BCUT2D eigenvalue weighted by molar-refractivity contribution is -0.137. The summed E-state index contributed by atoms with van der Waals surface area (Å²) in [4.78, 5) is 12.9. The summed E-state index contributed by atoms with van der Waals surface area (Å²) in [5.41, 5.74) is 6.09. The summed E-state index contributed by atoms with van der Waals surface area (Å²) in [7, 11) is -4.41. The highest BCUT2D eigenvalue weighted by molar-refractivity contribution is 7.92. The van der Waals surface area contributed by atoms with Gasteiger partial charge in [-0.2, -0.15) is 18.7 Å². The number of anilines is 2. The van der Waals surface area contributed by atoms with Crippen molar-refractivity contribution in [3.8, 4) is 0 Å². The zero-order chi connectivity index (χ0) is 28.1. The highest BCUT2D eigenvalue weighted by Crippen LogP contribution is 2.67. The van der Waals surface area contributed by atoms with Gasteiger partial charge in [0.05, 0.1) is 27.4 Å². The van der Waals surface area contributed by atoms with Gasteiger partial charge in [-0.25, -0.2) is 13.4 Å². The Morgan fingerprint density at radius 1 is 1.00 bits per heavy atom. The average Bonchev–Trinajstić information content (AvgIpc) is 2.86. The molecule has 1 amide bonds. The number of nitrogens with zero attached hydrogens (tertiary/aromatic N) is 2. The first kappa shape index (κ1) is 26.4. The molecule has 39 heavy (non-hydrogen) atoms. The van der Waals surface area contributed by atoms with Crippen molar-refractivity contribution in [2.24, 2.45) is 5.22 Å². The summed E-state index contributed by atoms with van der Waals surface area (Å²) in [5.74, 6) is -0.670. The molecule has 0 radical (unpaired) electrons. The summed E-state index contributed by atoms with van der Waals surface area (Å²) < 4.78 is 68.7. The molecule has 6 rings (SSSR count). The molecule has 0 spiro atoms. The van der Waals surface area contributed by atoms with E-state index in [0.29, 0.717) is 25.3 Å². The van der Waals surface area contributed by atoms with Gasteiger partial charge in [-0.1, -0.05) is 35.6 Å². The number of hydrogen-bond acceptors (Lipinski definition) is 6. The standard InChI is InChI=1S/C26H23F3N6O3S/c27-26(28,29)18-6-11-21(23(36)32-25-13-24(14-25,15-25)17-4-2-1-3-5-17)22(12-18)33-39(37,38)20-9-7-19(8-10-20)35(16-30)34-31/h1-12,16,30-31,33H,13-15H2,(H,32,36). The number of amides is 1. The number of carbonyl (C=O) groups is 1. The van der Waals surface area contributed by atoms with Crippen LogP contribution in [0.4, 0.5) is 24.5 Å². The Morgan fingerprint density at radius 2 is 1.64 bits per heavy atom. The molecule has 3 saturated carbocycles. The molecule has 0 heterocycles. The minimum Gasteiger partial charge on any atom is -0.346 e. The van der Waals surface area contributed by atoms with Gasteiger partial charge in [0.2, 0.25) is 0 Å². The van der Waals surface area contributed by atoms with E-state index in [-0.39, 0.29) is 21.6 Å². The Morgan fingerprint density at radius 3 is 2.21 bits per heavy atom. The van der Waals surface area contributed by atoms with Crippen molar-refractivity contribution in [1.82, 2.24) is 5.32 Å². The van der Waals surface area contributed by atoms with Crippen LogP contribution in [0.25, 0.3) is 0 Å². The lowest BCUT2D eigenvalue weighted by Crippen LogP contribution is -2.76. The molecule has 4 N–H and O–H groups in total. The lowest BCUT2D eigenvalue weighted by Gasteiger charge is -2.71. The Labute approximate surface area is 222 Å². The smallest absolute Gasteiger partial charge is 0.346 e. The molecule has 13 heteroatoms. The summed E-state index contributed by atoms with van der Waals surface area (Å²) in [5, 5.41) is 14.1. The van der Waals surface area contributed by atoms with Gasteiger partial charge in [0.25, 0.3) is 15.9 Å². The van der Waals surface area contributed by atoms with E-state index in [1.165, 1.54) is 17.7 Å². The zero-order valence-corrected chi connectivity index (χ0v) is 21.1. The molecule has 0 saturated heterocycles. The van der Waals surface area contributed by atoms with Crippen molar-refractivity contribution in [2.45, 2.75) is 41.3 Å². The first-order chi connectivity index (χ1) is 18.4. The Hall–Kier alpha value is -4.26. The largest absolute Gasteiger partial charge is 0.416 e. The predicted octanol–water partition coefficient (Wildman–Crippen LogP) is 5.47. The molecule has 3 fully saturated rings. The second-order valence-electron chi connectivity index (χ2n) is 9.84. The topological polar surface area (TPSA) is 139 Å². The van der Waals surface area contributed by atoms with E-state index in [1.807, 2.05) is 30.3 Å². The fourth-order valence-electron chi connectivity index (χ4n) is 5.47. The molecule has 3 aliphatic carbocycles. The summed E-state index contributed by atoms with van der Waals surface area (Å²) in [6.07, 6.45) is -1.93. The lowest BCUT2D eigenvalue weighted by atomic mass is 9.37. The first-order valence-corrected chi connectivity index (χ1v) is 13.3. The van der Waals surface area contributed by atoms with Gasteiger partial charge < -0.3 is 5.32 Å². The molecule has 3 aromatic rings. The van der Waals surface area contributed by atoms with Crippen molar-refractivity contribution < 1.29 is 26.4 Å². The molecule has 3 aromatic carbocycles. The van der Waals surface area contributed by atoms with Gasteiger partial charge in [-0.05, 0) is 67.3 Å². The van der Waals surface area contributed by atoms with Crippen LogP contribution >= 0.6 is 0 Å². The molecule has 3 aliphatic rings. The third kappa shape index (κ3) is 4.73. The van der Waals surface area contributed by atoms with E-state index >= 15 is 0 Å². The van der Waals surface area contributed by atoms with Crippen LogP contribution < -0.4 is 15.0 Å². The molecular formula is C26H23F3N6O3S. The highest BCUT2D eigenvalue weighted by Gasteiger charge is 2.69. The van der Waals surface area contributed by atoms with Gasteiger partial charge in [0.1, 0.15) is 6.34 Å². The van der Waals surface area contributed by atoms with Crippen molar-refractivity contribution in [2.75, 3.05) is 9.73 Å². The maximum absolute atomic E-state index is 13.5. The number of alkyl halides is 3. The normalized spacial score (nSPS) is 21.6. The molecular weight excluding hydrogens is 533 g/mol. The van der Waals surface area contributed by atoms with Crippen molar-refractivity contribution in [1.29, 1.82) is 10.9 Å². The highest BCUT2D eigenvalue weighted by atomic mass is 32.2. The molecule has 0 atom stereocenters. The monoisotopic (exact) mass is 556 g/mol. The summed E-state index contributed by atoms with van der Waals surface area (Å²) in [6.45, 7) is 0. The van der Waals surface area contributed by atoms with Gasteiger partial charge in [0.15, 0.2) is 0 Å². The van der Waals surface area contributed by atoms with Gasteiger partial charge >= 0.3 is 6.18 Å². The number of sulfonamides is 1. The molecule has 202 valence electrons. The van der Waals surface area contributed by atoms with Crippen LogP contribution in [-0.4, -0.2) is 26.2 Å². The van der Waals surface area contributed by atoms with E-state index in [9.17, 15) is 26.4 Å². The number of hydrogen-bond donors (Lipinski definition) is 4. The van der Waals surface area contributed by atoms with E-state index in [0.717, 1.165) is 35.6 Å². The number of carbonyl (C=O) groups excluding carboxylic acids is 1. The molecule has 0 unspecified atom stereocenters. The number of halogens is 3. The van der Waals surface area contributed by atoms with Crippen molar-refractivity contribution in [3.63, 3.8) is 0 Å². The second kappa shape index (κ2) is 9.19. The van der Waals surface area contributed by atoms with Crippen molar-refractivity contribution >= 4 is 33.6 Å². The molecule has 0 aromatic heterocycles. The molecule has 0 aliphatic heterocycles. The molecule has 9 nitrogen and oxygen atoms in total. The second-order valence-corrected chi connectivity index (χ2v) is 11.5. The van der Waals surface area contributed by atoms with E-state index < -0.39 is 38.9 Å². The zero-order valence-electron chi connectivity index (χ0n) is 20.3. The third-order valence-electron chi connectivity index (χ3n) is 7.27. The van der Waals surface area contributed by atoms with E-state index in [2.05, 4.69) is 15.3 Å². The van der Waals surface area contributed by atoms with Crippen LogP contribution in [0.5, 0.6) is 0 Å². The van der Waals surface area contributed by atoms with Crippen LogP contribution in [0, 0.1) is 10.9 Å². The summed E-state index contributed by atoms with van der Waals surface area (Å²) in [6, 6.07) is 17.1. The minimum absolute atomic E-state index is 0.0220. The van der Waals surface area contributed by atoms with Crippen molar-refractivity contribution in [3.05, 3.63) is 89.5 Å². The van der Waals surface area contributed by atoms with Gasteiger partial charge in [-0.15, -0.1) is 0 Å². The molecule has 2 bridgehead atoms. The maximum atomic E-state index is 13.5. The predicted molar refractivity (Wildman–Crippen MR) is 137 cm³/mol. The number of rotatable bonds is 9. The van der Waals surface area contributed by atoms with Crippen LogP contribution in [-0.2, 0) is 21.6 Å². The van der Waals surface area contributed by atoms with Crippen LogP contribution in [0.2, 0.25) is 0 Å². The van der Waals surface area contributed by atoms with Gasteiger partial charge in [-0.3, -0.25) is 14.9 Å². The Bertz CT molecular complexity index is 1530. The fraction of sp³-hybridized carbons (Fsp3) is 0.231. The average molecular weight is 557 g/mol. The number of nitrogens with one attached hydrogen (secondary N) is 4. The maximum Gasteiger partial charge on any atom is 0.416 e. The SMILES string of the molecule is N=CN(N=N)c1ccc(S(=O)(=O)Nc2cc(C(F)(F)F)ccc2C(=O)NC23CC(c4ccccc4)(C2)C3)cc1. The third-order valence-corrected chi connectivity index (χ3v) is 8.65. The van der Waals surface area contributed by atoms with E-state index in [4.69, 9.17) is 10.9 Å². The quantitative estimate of drug-likeness (QED) is 0.120. The van der Waals surface area contributed by atoms with Crippen LogP contribution in [0.15, 0.2) is 82.9 Å². The fourth-order valence-corrected chi connectivity index (χ4v) is 6.54. The van der Waals surface area contributed by atoms with Crippen LogP contribution in [0.1, 0.15) is 40.7 Å². The van der Waals surface area contributed by atoms with Crippen LogP contribution in [0.3, 0.4) is 0 Å². The minimum atomic E-state index is -4.76. The Balaban J connectivity index is 1.39. The van der Waals surface area contributed by atoms with Gasteiger partial charge in [0, 0.05) is 11.0 Å². The summed E-state index contributed by atoms with van der Waals surface area (Å²) >= 11 is 0. The first-order valence-electron chi connectivity index (χ1n) is 11.8. The van der Waals surface area contributed by atoms with E-state index in [1.54, 1.807) is 0 Å². The number of benzene rings is 3. The Kier molecular flexibility index (Phi) is 6.21.